The number of benzene rings is 1. The molecule has 1 fully saturated rings. The van der Waals surface area contributed by atoms with Crippen LogP contribution in [0.1, 0.15) is 21.6 Å². The molecule has 7 heteroatoms. The molecule has 0 spiro atoms. The number of hydrogen-bond donors (Lipinski definition) is 2. The minimum Gasteiger partial charge on any atom is -0.463 e. The second-order valence-corrected chi connectivity index (χ2v) is 6.48. The Morgan fingerprint density at radius 1 is 1.15 bits per heavy atom. The predicted molar refractivity (Wildman–Crippen MR) is 100.0 cm³/mol. The highest BCUT2D eigenvalue weighted by atomic mass is 16.5. The van der Waals surface area contributed by atoms with Crippen molar-refractivity contribution in [1.82, 2.24) is 20.4 Å². The van der Waals surface area contributed by atoms with Crippen molar-refractivity contribution in [3.05, 3.63) is 65.5 Å². The number of ether oxygens (including phenoxy) is 1. The van der Waals surface area contributed by atoms with Gasteiger partial charge in [0.2, 0.25) is 0 Å². The van der Waals surface area contributed by atoms with Gasteiger partial charge in [-0.15, -0.1) is 0 Å². The van der Waals surface area contributed by atoms with Gasteiger partial charge in [0, 0.05) is 32.2 Å². The largest absolute Gasteiger partial charge is 0.463 e. The van der Waals surface area contributed by atoms with Crippen LogP contribution in [0.4, 0.5) is 0 Å². The zero-order valence-corrected chi connectivity index (χ0v) is 15.0. The molecule has 0 unspecified atom stereocenters. The van der Waals surface area contributed by atoms with Crippen LogP contribution in [0.2, 0.25) is 0 Å². The highest BCUT2D eigenvalue weighted by molar-refractivity contribution is 5.93. The molecule has 1 aliphatic rings. The molecule has 2 N–H and O–H groups in total. The molecule has 0 bridgehead atoms. The highest BCUT2D eigenvalue weighted by Gasteiger charge is 2.15. The minimum absolute atomic E-state index is 0.217. The first kappa shape index (κ1) is 17.5. The number of hydrogen-bond acceptors (Lipinski definition) is 5. The number of furan rings is 1. The van der Waals surface area contributed by atoms with E-state index in [1.54, 1.807) is 18.4 Å². The Labute approximate surface area is 157 Å². The lowest BCUT2D eigenvalue weighted by Gasteiger charge is -2.27. The molecule has 3 aromatic rings. The van der Waals surface area contributed by atoms with E-state index in [2.05, 4.69) is 32.5 Å². The number of aromatic amines is 1. The molecule has 0 saturated carbocycles. The number of nitrogens with one attached hydrogen (secondary N) is 2. The molecule has 7 nitrogen and oxygen atoms in total. The molecular formula is C20H22N4O3. The number of H-pyrrole nitrogens is 1. The van der Waals surface area contributed by atoms with E-state index in [-0.39, 0.29) is 5.91 Å². The lowest BCUT2D eigenvalue weighted by atomic mass is 10.1. The van der Waals surface area contributed by atoms with Crippen molar-refractivity contribution >= 4 is 5.91 Å². The summed E-state index contributed by atoms with van der Waals surface area (Å²) in [5.74, 6) is 0.433. The van der Waals surface area contributed by atoms with Gasteiger partial charge in [0.25, 0.3) is 5.91 Å². The van der Waals surface area contributed by atoms with E-state index in [9.17, 15) is 4.79 Å². The first-order valence-corrected chi connectivity index (χ1v) is 9.04. The molecule has 0 atom stereocenters. The van der Waals surface area contributed by atoms with Crippen LogP contribution in [0, 0.1) is 0 Å². The third-order valence-electron chi connectivity index (χ3n) is 4.65. The van der Waals surface area contributed by atoms with Gasteiger partial charge in [-0.3, -0.25) is 14.8 Å². The van der Waals surface area contributed by atoms with Gasteiger partial charge >= 0.3 is 0 Å². The second-order valence-electron chi connectivity index (χ2n) is 6.48. The molecule has 0 aliphatic carbocycles. The summed E-state index contributed by atoms with van der Waals surface area (Å²) >= 11 is 0. The minimum atomic E-state index is -0.217. The van der Waals surface area contributed by atoms with E-state index >= 15 is 0 Å². The number of aromatic nitrogens is 2. The van der Waals surface area contributed by atoms with Crippen LogP contribution >= 0.6 is 0 Å². The number of carbonyl (C=O) groups is 1. The van der Waals surface area contributed by atoms with Gasteiger partial charge in [0.05, 0.1) is 19.5 Å². The van der Waals surface area contributed by atoms with Crippen LogP contribution in [0.25, 0.3) is 11.5 Å². The monoisotopic (exact) mass is 366 g/mol. The maximum atomic E-state index is 12.5. The molecule has 4 rings (SSSR count). The standard InChI is InChI=1S/C20H22N4O3/c25-20(18-12-17(22-23-18)19-6-3-9-27-19)21-13-15-4-1-2-5-16(15)14-24-7-10-26-11-8-24/h1-6,9,12H,7-8,10-11,13-14H2,(H,21,25)(H,22,23). The fraction of sp³-hybridized carbons (Fsp3) is 0.300. The maximum absolute atomic E-state index is 12.5. The average molecular weight is 366 g/mol. The molecule has 0 radical (unpaired) electrons. The Bertz CT molecular complexity index is 882. The Morgan fingerprint density at radius 3 is 2.74 bits per heavy atom. The third-order valence-corrected chi connectivity index (χ3v) is 4.65. The maximum Gasteiger partial charge on any atom is 0.272 e. The fourth-order valence-electron chi connectivity index (χ4n) is 3.15. The molecule has 1 amide bonds. The van der Waals surface area contributed by atoms with E-state index in [0.717, 1.165) is 38.4 Å². The molecule has 1 aromatic carbocycles. The number of amides is 1. The summed E-state index contributed by atoms with van der Waals surface area (Å²) < 4.78 is 10.7. The van der Waals surface area contributed by atoms with Crippen molar-refractivity contribution in [2.75, 3.05) is 26.3 Å². The molecule has 1 aliphatic heterocycles. The summed E-state index contributed by atoms with van der Waals surface area (Å²) in [5.41, 5.74) is 3.35. The van der Waals surface area contributed by atoms with Crippen molar-refractivity contribution in [2.24, 2.45) is 0 Å². The summed E-state index contributed by atoms with van der Waals surface area (Å²) in [6.07, 6.45) is 1.58. The van der Waals surface area contributed by atoms with E-state index in [1.807, 2.05) is 18.2 Å². The van der Waals surface area contributed by atoms with Gasteiger partial charge in [0.15, 0.2) is 11.5 Å². The molecule has 140 valence electrons. The number of rotatable bonds is 6. The van der Waals surface area contributed by atoms with Crippen LogP contribution in [0.5, 0.6) is 0 Å². The van der Waals surface area contributed by atoms with Gasteiger partial charge in [0.1, 0.15) is 5.69 Å². The average Bonchev–Trinajstić information content (AvgIpc) is 3.39. The van der Waals surface area contributed by atoms with Gasteiger partial charge in [-0.2, -0.15) is 5.10 Å². The van der Waals surface area contributed by atoms with E-state index in [0.29, 0.717) is 23.7 Å². The van der Waals surface area contributed by atoms with Gasteiger partial charge in [-0.05, 0) is 23.3 Å². The smallest absolute Gasteiger partial charge is 0.272 e. The van der Waals surface area contributed by atoms with Gasteiger partial charge < -0.3 is 14.5 Å². The molecule has 27 heavy (non-hydrogen) atoms. The Balaban J connectivity index is 1.39. The lowest BCUT2D eigenvalue weighted by molar-refractivity contribution is 0.0340. The topological polar surface area (TPSA) is 83.4 Å². The molecule has 3 heterocycles. The molecular weight excluding hydrogens is 344 g/mol. The van der Waals surface area contributed by atoms with Crippen LogP contribution in [0.15, 0.2) is 53.1 Å². The zero-order valence-electron chi connectivity index (χ0n) is 15.0. The van der Waals surface area contributed by atoms with E-state index in [1.165, 1.54) is 5.56 Å². The number of morpholine rings is 1. The van der Waals surface area contributed by atoms with Crippen molar-refractivity contribution in [3.63, 3.8) is 0 Å². The normalized spacial score (nSPS) is 15.0. The van der Waals surface area contributed by atoms with Crippen LogP contribution in [-0.4, -0.2) is 47.3 Å². The molecule has 1 saturated heterocycles. The van der Waals surface area contributed by atoms with Crippen molar-refractivity contribution in [2.45, 2.75) is 13.1 Å². The number of nitrogens with zero attached hydrogens (tertiary/aromatic N) is 2. The van der Waals surface area contributed by atoms with Crippen LogP contribution in [-0.2, 0) is 17.8 Å². The summed E-state index contributed by atoms with van der Waals surface area (Å²) in [6.45, 7) is 4.74. The predicted octanol–water partition coefficient (Wildman–Crippen LogP) is 2.43. The summed E-state index contributed by atoms with van der Waals surface area (Å²) in [5, 5.41) is 9.87. The Morgan fingerprint density at radius 2 is 1.96 bits per heavy atom. The van der Waals surface area contributed by atoms with Crippen molar-refractivity contribution < 1.29 is 13.9 Å². The Kier molecular flexibility index (Phi) is 5.32. The summed E-state index contributed by atoms with van der Waals surface area (Å²) in [7, 11) is 0. The Hall–Kier alpha value is -2.90. The number of carbonyl (C=O) groups excluding carboxylic acids is 1. The van der Waals surface area contributed by atoms with E-state index < -0.39 is 0 Å². The van der Waals surface area contributed by atoms with E-state index in [4.69, 9.17) is 9.15 Å². The van der Waals surface area contributed by atoms with Crippen molar-refractivity contribution in [1.29, 1.82) is 0 Å². The van der Waals surface area contributed by atoms with Gasteiger partial charge in [-0.25, -0.2) is 0 Å². The first-order valence-electron chi connectivity index (χ1n) is 9.04. The third kappa shape index (κ3) is 4.27. The van der Waals surface area contributed by atoms with Crippen molar-refractivity contribution in [3.8, 4) is 11.5 Å². The molecule has 2 aromatic heterocycles. The zero-order chi connectivity index (χ0) is 18.5. The van der Waals surface area contributed by atoms with Crippen LogP contribution < -0.4 is 5.32 Å². The fourth-order valence-corrected chi connectivity index (χ4v) is 3.15. The summed E-state index contributed by atoms with van der Waals surface area (Å²) in [4.78, 5) is 14.8. The quantitative estimate of drug-likeness (QED) is 0.700. The second kappa shape index (κ2) is 8.20. The first-order chi connectivity index (χ1) is 13.3. The lowest BCUT2D eigenvalue weighted by Crippen LogP contribution is -2.36. The SMILES string of the molecule is O=C(NCc1ccccc1CN1CCOCC1)c1cc(-c2ccco2)[nH]n1. The van der Waals surface area contributed by atoms with Gasteiger partial charge in [-0.1, -0.05) is 24.3 Å². The summed E-state index contributed by atoms with van der Waals surface area (Å²) in [6, 6.07) is 13.5. The highest BCUT2D eigenvalue weighted by Crippen LogP contribution is 2.18. The van der Waals surface area contributed by atoms with Crippen LogP contribution in [0.3, 0.4) is 0 Å².